The summed E-state index contributed by atoms with van der Waals surface area (Å²) in [7, 11) is 0. The molecule has 6 N–H and O–H groups in total. The molecule has 0 saturated carbocycles. The second-order valence-corrected chi connectivity index (χ2v) is 13.3. The minimum absolute atomic E-state index is 0.00410. The Kier molecular flexibility index (Phi) is 11.1. The summed E-state index contributed by atoms with van der Waals surface area (Å²) in [6.07, 6.45) is 1.67. The fourth-order valence-electron chi connectivity index (χ4n) is 6.74. The van der Waals surface area contributed by atoms with Crippen molar-refractivity contribution in [1.29, 1.82) is 0 Å². The first-order valence-corrected chi connectivity index (χ1v) is 17.5. The Balaban J connectivity index is 1.13. The van der Waals surface area contributed by atoms with Crippen LogP contribution in [0.15, 0.2) is 84.9 Å². The number of H-pyrrole nitrogens is 2. The second-order valence-electron chi connectivity index (χ2n) is 13.3. The average molecular weight is 669 g/mol. The molecular formula is C42H48N6O2. The Hall–Kier alpha value is -5.18. The van der Waals surface area contributed by atoms with E-state index in [0.717, 1.165) is 50.1 Å². The summed E-state index contributed by atoms with van der Waals surface area (Å²) < 4.78 is 0. The lowest BCUT2D eigenvalue weighted by molar-refractivity contribution is -0.119. The van der Waals surface area contributed by atoms with Crippen LogP contribution in [0.25, 0.3) is 32.9 Å². The monoisotopic (exact) mass is 668 g/mol. The highest BCUT2D eigenvalue weighted by molar-refractivity contribution is 5.82. The molecule has 50 heavy (non-hydrogen) atoms. The van der Waals surface area contributed by atoms with Gasteiger partial charge in [-0.3, -0.25) is 9.59 Å². The van der Waals surface area contributed by atoms with E-state index >= 15 is 0 Å². The molecule has 258 valence electrons. The van der Waals surface area contributed by atoms with Gasteiger partial charge in [-0.25, -0.2) is 0 Å². The molecule has 0 atom stereocenters. The van der Waals surface area contributed by atoms with Crippen LogP contribution in [0.1, 0.15) is 58.6 Å². The zero-order valence-corrected chi connectivity index (χ0v) is 29.6. The van der Waals surface area contributed by atoms with Crippen LogP contribution in [-0.2, 0) is 35.5 Å². The van der Waals surface area contributed by atoms with Gasteiger partial charge in [-0.2, -0.15) is 0 Å². The minimum atomic E-state index is -0.00410. The fraction of sp³-hybridized carbons (Fsp3) is 0.286. The van der Waals surface area contributed by atoms with Crippen molar-refractivity contribution in [2.45, 2.75) is 53.6 Å². The lowest BCUT2D eigenvalue weighted by Gasteiger charge is -2.16. The zero-order valence-electron chi connectivity index (χ0n) is 29.6. The molecule has 2 heterocycles. The van der Waals surface area contributed by atoms with Crippen LogP contribution in [0.3, 0.4) is 0 Å². The van der Waals surface area contributed by atoms with E-state index in [1.165, 1.54) is 80.5 Å². The first-order chi connectivity index (χ1) is 24.2. The van der Waals surface area contributed by atoms with Gasteiger partial charge >= 0.3 is 0 Å². The van der Waals surface area contributed by atoms with Gasteiger partial charge in [-0.05, 0) is 93.4 Å². The van der Waals surface area contributed by atoms with Crippen LogP contribution in [0.5, 0.6) is 0 Å². The zero-order chi connectivity index (χ0) is 35.0. The van der Waals surface area contributed by atoms with E-state index in [4.69, 9.17) is 0 Å². The summed E-state index contributed by atoms with van der Waals surface area (Å²) in [4.78, 5) is 29.5. The highest BCUT2D eigenvalue weighted by atomic mass is 16.2. The van der Waals surface area contributed by atoms with Crippen LogP contribution in [0.2, 0.25) is 0 Å². The third kappa shape index (κ3) is 8.69. The maximum Gasteiger partial charge on any atom is 0.216 e. The molecule has 0 unspecified atom stereocenters. The van der Waals surface area contributed by atoms with Gasteiger partial charge in [0.2, 0.25) is 11.8 Å². The number of aromatic amines is 2. The Morgan fingerprint density at radius 3 is 1.42 bits per heavy atom. The molecule has 0 radical (unpaired) electrons. The Morgan fingerprint density at radius 2 is 1.00 bits per heavy atom. The molecule has 0 aliphatic carbocycles. The predicted molar refractivity (Wildman–Crippen MR) is 204 cm³/mol. The number of aromatic nitrogens is 2. The van der Waals surface area contributed by atoms with Crippen LogP contribution in [0, 0.1) is 13.8 Å². The molecule has 8 nitrogen and oxygen atoms in total. The Morgan fingerprint density at radius 1 is 0.560 bits per heavy atom. The summed E-state index contributed by atoms with van der Waals surface area (Å²) in [6.45, 7) is 11.8. The van der Waals surface area contributed by atoms with E-state index < -0.39 is 0 Å². The number of nitrogens with one attached hydrogen (secondary N) is 6. The number of hydrogen-bond donors (Lipinski definition) is 6. The third-order valence-electron chi connectivity index (χ3n) is 9.44. The van der Waals surface area contributed by atoms with Gasteiger partial charge in [-0.1, -0.05) is 60.7 Å². The van der Waals surface area contributed by atoms with Crippen LogP contribution < -0.4 is 21.3 Å². The van der Waals surface area contributed by atoms with Crippen molar-refractivity contribution < 1.29 is 9.59 Å². The average Bonchev–Trinajstić information content (AvgIpc) is 3.68. The number of hydrogen-bond acceptors (Lipinski definition) is 4. The summed E-state index contributed by atoms with van der Waals surface area (Å²) in [5.41, 5.74) is 14.9. The number of benzene rings is 4. The van der Waals surface area contributed by atoms with Crippen molar-refractivity contribution in [2.75, 3.05) is 26.2 Å². The lowest BCUT2D eigenvalue weighted by atomic mass is 9.89. The highest BCUT2D eigenvalue weighted by Gasteiger charge is 2.14. The van der Waals surface area contributed by atoms with Crippen molar-refractivity contribution >= 4 is 33.6 Å². The van der Waals surface area contributed by atoms with E-state index in [-0.39, 0.29) is 11.8 Å². The molecular weight excluding hydrogens is 621 g/mol. The van der Waals surface area contributed by atoms with Crippen molar-refractivity contribution in [3.63, 3.8) is 0 Å². The summed E-state index contributed by atoms with van der Waals surface area (Å²) >= 11 is 0. The van der Waals surface area contributed by atoms with E-state index in [0.29, 0.717) is 13.1 Å². The SMILES string of the molecule is CC(=O)NCCNCc1ccc2cc(Cc3cccc(-c4cccc(Cc5cc6ccc(CNCCNC(C)=O)cc6[nH]5)c4C)c3C)[nH]c2c1. The molecule has 0 bridgehead atoms. The molecule has 4 aromatic carbocycles. The second kappa shape index (κ2) is 16.0. The van der Waals surface area contributed by atoms with Crippen LogP contribution in [-0.4, -0.2) is 48.0 Å². The van der Waals surface area contributed by atoms with Gasteiger partial charge in [0.05, 0.1) is 0 Å². The normalized spacial score (nSPS) is 11.4. The molecule has 0 saturated heterocycles. The number of fused-ring (bicyclic) bond motifs is 2. The minimum Gasteiger partial charge on any atom is -0.358 e. The fourth-order valence-corrected chi connectivity index (χ4v) is 6.74. The van der Waals surface area contributed by atoms with E-state index in [1.54, 1.807) is 0 Å². The number of carbonyl (C=O) groups is 2. The summed E-state index contributed by atoms with van der Waals surface area (Å²) in [5.74, 6) is -0.00820. The van der Waals surface area contributed by atoms with Crippen molar-refractivity contribution in [3.05, 3.63) is 130 Å². The largest absolute Gasteiger partial charge is 0.358 e. The quantitative estimate of drug-likeness (QED) is 0.0696. The first-order valence-electron chi connectivity index (χ1n) is 17.5. The summed E-state index contributed by atoms with van der Waals surface area (Å²) in [5, 5.41) is 14.9. The van der Waals surface area contributed by atoms with Gasteiger partial charge in [0.15, 0.2) is 0 Å². The standard InChI is InChI=1S/C42H48N6O2/c1-27-33(21-37-23-35-13-11-31(19-41(35)47-37)25-43-15-17-45-29(3)49)7-5-9-39(27)40-10-6-8-34(28(40)2)22-38-24-36-14-12-32(20-42(36)48-38)26-44-16-18-46-30(4)50/h5-14,19-20,23-24,43-44,47-48H,15-18,21-22,25-26H2,1-4H3,(H,45,49)(H,46,50). The van der Waals surface area contributed by atoms with E-state index in [1.807, 2.05) is 0 Å². The molecule has 8 heteroatoms. The van der Waals surface area contributed by atoms with Gasteiger partial charge in [0.25, 0.3) is 0 Å². The third-order valence-corrected chi connectivity index (χ3v) is 9.44. The molecule has 0 spiro atoms. The predicted octanol–water partition coefficient (Wildman–Crippen LogP) is 6.57. The van der Waals surface area contributed by atoms with Gasteiger partial charge in [0, 0.05) is 88.4 Å². The van der Waals surface area contributed by atoms with Crippen LogP contribution in [0.4, 0.5) is 0 Å². The van der Waals surface area contributed by atoms with Gasteiger partial charge in [-0.15, -0.1) is 0 Å². The number of amides is 2. The van der Waals surface area contributed by atoms with Gasteiger partial charge in [0.1, 0.15) is 0 Å². The Labute approximate surface area is 294 Å². The highest BCUT2D eigenvalue weighted by Crippen LogP contribution is 2.32. The molecule has 6 rings (SSSR count). The molecule has 0 aliphatic rings. The molecule has 0 aliphatic heterocycles. The smallest absolute Gasteiger partial charge is 0.216 e. The molecule has 2 aromatic heterocycles. The van der Waals surface area contributed by atoms with Crippen molar-refractivity contribution in [3.8, 4) is 11.1 Å². The van der Waals surface area contributed by atoms with Crippen LogP contribution >= 0.6 is 0 Å². The Bertz CT molecular complexity index is 1970. The van der Waals surface area contributed by atoms with Crippen molar-refractivity contribution in [2.24, 2.45) is 0 Å². The lowest BCUT2D eigenvalue weighted by Crippen LogP contribution is -2.29. The van der Waals surface area contributed by atoms with E-state index in [2.05, 4.69) is 130 Å². The molecule has 0 fully saturated rings. The first kappa shape index (κ1) is 34.7. The number of carbonyl (C=O) groups excluding carboxylic acids is 2. The topological polar surface area (TPSA) is 114 Å². The van der Waals surface area contributed by atoms with Crippen molar-refractivity contribution in [1.82, 2.24) is 31.2 Å². The maximum absolute atomic E-state index is 11.1. The maximum atomic E-state index is 11.1. The van der Waals surface area contributed by atoms with E-state index in [9.17, 15) is 9.59 Å². The van der Waals surface area contributed by atoms with Gasteiger partial charge < -0.3 is 31.2 Å². The summed E-state index contributed by atoms with van der Waals surface area (Å²) in [6, 6.07) is 31.0. The number of rotatable bonds is 15. The molecule has 6 aromatic rings. The molecule has 2 amide bonds.